The summed E-state index contributed by atoms with van der Waals surface area (Å²) in [6.07, 6.45) is -10.6. The smallest absolute Gasteiger partial charge is 0.366 e. The monoisotopic (exact) mass is 285 g/mol. The zero-order valence-corrected chi connectivity index (χ0v) is 8.89. The van der Waals surface area contributed by atoms with Crippen LogP contribution in [0.2, 0.25) is 0 Å². The minimum Gasteiger partial charge on any atom is -0.366 e. The Labute approximate surface area is 102 Å². The maximum Gasteiger partial charge on any atom is 0.417 e. The third-order valence-electron chi connectivity index (χ3n) is 2.17. The number of amides is 1. The van der Waals surface area contributed by atoms with E-state index in [0.29, 0.717) is 0 Å². The third-order valence-corrected chi connectivity index (χ3v) is 2.17. The molecule has 0 atom stereocenters. The number of nitrogens with two attached hydrogens (primary N) is 1. The number of benzene rings is 1. The molecule has 0 heterocycles. The van der Waals surface area contributed by atoms with Gasteiger partial charge in [-0.25, -0.2) is 0 Å². The van der Waals surface area contributed by atoms with Crippen LogP contribution in [-0.4, -0.2) is 12.2 Å². The van der Waals surface area contributed by atoms with Gasteiger partial charge in [0.1, 0.15) is 0 Å². The van der Waals surface area contributed by atoms with Gasteiger partial charge in [0, 0.05) is 5.56 Å². The molecule has 19 heavy (non-hydrogen) atoms. The van der Waals surface area contributed by atoms with E-state index in [-0.39, 0.29) is 18.4 Å². The highest BCUT2D eigenvalue weighted by Crippen LogP contribution is 2.38. The van der Waals surface area contributed by atoms with Crippen LogP contribution in [-0.2, 0) is 12.4 Å². The molecule has 9 heteroatoms. The topological polar surface area (TPSA) is 60.2 Å². The van der Waals surface area contributed by atoms with Crippen LogP contribution >= 0.6 is 0 Å². The minimum atomic E-state index is -5.25. The molecule has 0 radical (unpaired) electrons. The van der Waals surface area contributed by atoms with Gasteiger partial charge in [0.15, 0.2) is 6.29 Å². The van der Waals surface area contributed by atoms with Crippen LogP contribution in [0.1, 0.15) is 31.8 Å². The molecular weight excluding hydrogens is 280 g/mol. The van der Waals surface area contributed by atoms with Crippen molar-refractivity contribution >= 4 is 12.2 Å². The summed E-state index contributed by atoms with van der Waals surface area (Å²) in [5.74, 6) is -1.64. The standard InChI is InChI=1S/C10H5F6NO2/c11-9(12,13)5-1-4(3-18)7(8(17)19)6(2-5)10(14,15)16/h1-3H,(H2,17,19). The van der Waals surface area contributed by atoms with Gasteiger partial charge in [0.25, 0.3) is 0 Å². The van der Waals surface area contributed by atoms with Crippen molar-refractivity contribution in [2.75, 3.05) is 0 Å². The first-order valence-electron chi connectivity index (χ1n) is 4.56. The van der Waals surface area contributed by atoms with E-state index < -0.39 is 40.5 Å². The van der Waals surface area contributed by atoms with E-state index in [1.807, 2.05) is 0 Å². The van der Waals surface area contributed by atoms with Gasteiger partial charge in [-0.15, -0.1) is 0 Å². The van der Waals surface area contributed by atoms with Gasteiger partial charge < -0.3 is 5.73 Å². The van der Waals surface area contributed by atoms with E-state index >= 15 is 0 Å². The van der Waals surface area contributed by atoms with Crippen molar-refractivity contribution in [2.45, 2.75) is 12.4 Å². The molecule has 0 spiro atoms. The van der Waals surface area contributed by atoms with Crippen molar-refractivity contribution in [3.8, 4) is 0 Å². The molecule has 0 aliphatic carbocycles. The normalized spacial score (nSPS) is 12.3. The fourth-order valence-corrected chi connectivity index (χ4v) is 1.42. The van der Waals surface area contributed by atoms with Crippen LogP contribution in [0.4, 0.5) is 26.3 Å². The molecule has 0 saturated carbocycles. The Morgan fingerprint density at radius 3 is 1.89 bits per heavy atom. The molecule has 0 saturated heterocycles. The minimum absolute atomic E-state index is 0.141. The number of primary amides is 1. The van der Waals surface area contributed by atoms with Crippen LogP contribution in [0.3, 0.4) is 0 Å². The summed E-state index contributed by atoms with van der Waals surface area (Å²) < 4.78 is 75.0. The second kappa shape index (κ2) is 4.56. The Morgan fingerprint density at radius 1 is 1.05 bits per heavy atom. The number of hydrogen-bond donors (Lipinski definition) is 1. The highest BCUT2D eigenvalue weighted by atomic mass is 19.4. The first-order valence-corrected chi connectivity index (χ1v) is 4.56. The summed E-state index contributed by atoms with van der Waals surface area (Å²) in [7, 11) is 0. The molecule has 1 aromatic carbocycles. The van der Waals surface area contributed by atoms with Crippen molar-refractivity contribution < 1.29 is 35.9 Å². The molecule has 0 aliphatic heterocycles. The highest BCUT2D eigenvalue weighted by Gasteiger charge is 2.40. The van der Waals surface area contributed by atoms with Gasteiger partial charge in [-0.3, -0.25) is 9.59 Å². The van der Waals surface area contributed by atoms with E-state index in [1.54, 1.807) is 0 Å². The lowest BCUT2D eigenvalue weighted by Crippen LogP contribution is -2.22. The number of carbonyl (C=O) groups excluding carboxylic acids is 2. The second-order valence-electron chi connectivity index (χ2n) is 3.47. The van der Waals surface area contributed by atoms with Crippen LogP contribution in [0.5, 0.6) is 0 Å². The summed E-state index contributed by atoms with van der Waals surface area (Å²) in [6, 6.07) is -0.116. The lowest BCUT2D eigenvalue weighted by atomic mass is 9.97. The SMILES string of the molecule is NC(=O)c1c(C=O)cc(C(F)(F)F)cc1C(F)(F)F. The Kier molecular flexibility index (Phi) is 3.60. The first kappa shape index (κ1) is 15.0. The average Bonchev–Trinajstić information content (AvgIpc) is 2.24. The first-order chi connectivity index (χ1) is 8.48. The maximum absolute atomic E-state index is 12.6. The molecule has 0 aliphatic rings. The van der Waals surface area contributed by atoms with Crippen molar-refractivity contribution in [2.24, 2.45) is 5.73 Å². The van der Waals surface area contributed by atoms with Gasteiger partial charge in [0.2, 0.25) is 5.91 Å². The van der Waals surface area contributed by atoms with Gasteiger partial charge in [-0.05, 0) is 12.1 Å². The van der Waals surface area contributed by atoms with Crippen LogP contribution in [0.15, 0.2) is 12.1 Å². The number of halogens is 6. The largest absolute Gasteiger partial charge is 0.417 e. The van der Waals surface area contributed by atoms with E-state index in [9.17, 15) is 35.9 Å². The van der Waals surface area contributed by atoms with E-state index in [1.165, 1.54) is 0 Å². The Balaban J connectivity index is 3.75. The fourth-order valence-electron chi connectivity index (χ4n) is 1.42. The van der Waals surface area contributed by atoms with Crippen molar-refractivity contribution in [3.05, 3.63) is 34.4 Å². The Morgan fingerprint density at radius 2 is 1.58 bits per heavy atom. The zero-order chi connectivity index (χ0) is 15.0. The van der Waals surface area contributed by atoms with Crippen molar-refractivity contribution in [1.82, 2.24) is 0 Å². The predicted molar refractivity (Wildman–Crippen MR) is 50.4 cm³/mol. The van der Waals surface area contributed by atoms with E-state index in [0.717, 1.165) is 0 Å². The van der Waals surface area contributed by atoms with Gasteiger partial charge in [-0.2, -0.15) is 26.3 Å². The molecular formula is C10H5F6NO2. The van der Waals surface area contributed by atoms with Gasteiger partial charge in [-0.1, -0.05) is 0 Å². The molecule has 3 nitrogen and oxygen atoms in total. The fraction of sp³-hybridized carbons (Fsp3) is 0.200. The van der Waals surface area contributed by atoms with Gasteiger partial charge >= 0.3 is 12.4 Å². The summed E-state index contributed by atoms with van der Waals surface area (Å²) in [4.78, 5) is 21.4. The van der Waals surface area contributed by atoms with Crippen molar-refractivity contribution in [1.29, 1.82) is 0 Å². The molecule has 1 amide bonds. The molecule has 0 aromatic heterocycles. The molecule has 0 fully saturated rings. The molecule has 104 valence electrons. The van der Waals surface area contributed by atoms with Crippen LogP contribution in [0.25, 0.3) is 0 Å². The summed E-state index contributed by atoms with van der Waals surface area (Å²) in [5, 5.41) is 0. The average molecular weight is 285 g/mol. The van der Waals surface area contributed by atoms with Crippen LogP contribution < -0.4 is 5.73 Å². The Hall–Kier alpha value is -2.06. The summed E-state index contributed by atoms with van der Waals surface area (Å²) in [6.45, 7) is 0. The second-order valence-corrected chi connectivity index (χ2v) is 3.47. The zero-order valence-electron chi connectivity index (χ0n) is 8.89. The number of aldehydes is 1. The Bertz CT molecular complexity index is 532. The quantitative estimate of drug-likeness (QED) is 0.670. The number of carbonyl (C=O) groups is 2. The lowest BCUT2D eigenvalue weighted by Gasteiger charge is -2.16. The number of alkyl halides is 6. The number of hydrogen-bond acceptors (Lipinski definition) is 2. The molecule has 2 N–H and O–H groups in total. The number of rotatable bonds is 2. The predicted octanol–water partition coefficient (Wildman–Crippen LogP) is 2.64. The van der Waals surface area contributed by atoms with Crippen LogP contribution in [0, 0.1) is 0 Å². The summed E-state index contributed by atoms with van der Waals surface area (Å²) >= 11 is 0. The van der Waals surface area contributed by atoms with E-state index in [2.05, 4.69) is 5.73 Å². The maximum atomic E-state index is 12.6. The highest BCUT2D eigenvalue weighted by molar-refractivity contribution is 6.02. The molecule has 1 rings (SSSR count). The third kappa shape index (κ3) is 3.04. The molecule has 1 aromatic rings. The van der Waals surface area contributed by atoms with E-state index in [4.69, 9.17) is 0 Å². The van der Waals surface area contributed by atoms with Crippen molar-refractivity contribution in [3.63, 3.8) is 0 Å². The lowest BCUT2D eigenvalue weighted by molar-refractivity contribution is -0.143. The molecule has 0 unspecified atom stereocenters. The summed E-state index contributed by atoms with van der Waals surface area (Å²) in [5.41, 5.74) is -1.25. The molecule has 0 bridgehead atoms. The van der Waals surface area contributed by atoms with Gasteiger partial charge in [0.05, 0.1) is 16.7 Å².